The molecule has 0 fully saturated rings. The lowest BCUT2D eigenvalue weighted by Gasteiger charge is -2.11. The third kappa shape index (κ3) is 5.54. The van der Waals surface area contributed by atoms with E-state index in [4.69, 9.17) is 14.7 Å². The van der Waals surface area contributed by atoms with Crippen LogP contribution in [0.1, 0.15) is 16.7 Å². The molecule has 0 aliphatic heterocycles. The maximum Gasteiger partial charge on any atom is 0.416 e. The third-order valence-corrected chi connectivity index (χ3v) is 6.09. The number of hydrogen-bond donors (Lipinski definition) is 2. The van der Waals surface area contributed by atoms with Crippen LogP contribution < -0.4 is 10.1 Å². The molecule has 2 heterocycles. The molecule has 0 bridgehead atoms. The summed E-state index contributed by atoms with van der Waals surface area (Å²) in [6.07, 6.45) is -2.09. The van der Waals surface area contributed by atoms with E-state index in [-0.39, 0.29) is 5.75 Å². The minimum absolute atomic E-state index is 0.210. The number of methoxy groups -OCH3 is 1. The summed E-state index contributed by atoms with van der Waals surface area (Å²) < 4.78 is 46.0. The Balaban J connectivity index is 1.47. The summed E-state index contributed by atoms with van der Waals surface area (Å²) in [5.41, 5.74) is 2.92. The summed E-state index contributed by atoms with van der Waals surface area (Å²) in [5, 5.41) is 12.9. The first kappa shape index (κ1) is 25.1. The van der Waals surface area contributed by atoms with Gasteiger partial charge in [-0.3, -0.25) is 0 Å². The number of alkyl halides is 3. The van der Waals surface area contributed by atoms with Crippen molar-refractivity contribution < 1.29 is 23.0 Å². The van der Waals surface area contributed by atoms with Crippen LogP contribution in [0.5, 0.6) is 11.5 Å². The van der Waals surface area contributed by atoms with Crippen molar-refractivity contribution in [3.05, 3.63) is 95.8 Å². The summed E-state index contributed by atoms with van der Waals surface area (Å²) in [7, 11) is 1.59. The number of fused-ring (bicyclic) bond motifs is 1. The van der Waals surface area contributed by atoms with E-state index >= 15 is 0 Å². The van der Waals surface area contributed by atoms with E-state index < -0.39 is 11.7 Å². The van der Waals surface area contributed by atoms with Crippen LogP contribution in [0.2, 0.25) is 0 Å². The molecular formula is C28H24F3N5O2. The average molecular weight is 520 g/mol. The molecule has 0 saturated heterocycles. The summed E-state index contributed by atoms with van der Waals surface area (Å²) in [4.78, 5) is 14.0. The number of phenolic OH excluding ortho intramolecular Hbond substituents is 1. The van der Waals surface area contributed by atoms with Gasteiger partial charge in [0.2, 0.25) is 0 Å². The molecule has 0 atom stereocenters. The van der Waals surface area contributed by atoms with Gasteiger partial charge in [-0.2, -0.15) is 13.2 Å². The fourth-order valence-corrected chi connectivity index (χ4v) is 4.04. The standard InChI is InChI=1S/C28H24F3N5O2/c1-38-23-12-6-20(7-13-23)25-34-26(32-15-14-18-4-10-22(37)11-5-18)24-27(35-25)36(17-33-24)16-19-2-8-21(9-3-19)28(29,30)31/h2-13,17,37H,14-16H2,1H3,(H,32,34,35). The summed E-state index contributed by atoms with van der Waals surface area (Å²) in [5.74, 6) is 1.93. The quantitative estimate of drug-likeness (QED) is 0.264. The van der Waals surface area contributed by atoms with Crippen molar-refractivity contribution in [2.24, 2.45) is 0 Å². The highest BCUT2D eigenvalue weighted by Gasteiger charge is 2.30. The second kappa shape index (κ2) is 10.4. The Kier molecular flexibility index (Phi) is 6.87. The van der Waals surface area contributed by atoms with Crippen LogP contribution >= 0.6 is 0 Å². The van der Waals surface area contributed by atoms with Crippen molar-refractivity contribution in [2.75, 3.05) is 19.0 Å². The van der Waals surface area contributed by atoms with E-state index in [1.54, 1.807) is 30.1 Å². The number of anilines is 1. The fourth-order valence-electron chi connectivity index (χ4n) is 4.04. The van der Waals surface area contributed by atoms with Gasteiger partial charge in [0, 0.05) is 12.1 Å². The highest BCUT2D eigenvalue weighted by atomic mass is 19.4. The number of nitrogens with one attached hydrogen (secondary N) is 1. The lowest BCUT2D eigenvalue weighted by molar-refractivity contribution is -0.137. The van der Waals surface area contributed by atoms with E-state index in [9.17, 15) is 18.3 Å². The molecule has 0 radical (unpaired) electrons. The number of aromatic hydroxyl groups is 1. The Morgan fingerprint density at radius 2 is 1.58 bits per heavy atom. The van der Waals surface area contributed by atoms with Crippen molar-refractivity contribution in [1.82, 2.24) is 19.5 Å². The topological polar surface area (TPSA) is 85.1 Å². The number of ether oxygens (including phenoxy) is 1. The molecule has 0 saturated carbocycles. The van der Waals surface area contributed by atoms with Gasteiger partial charge in [0.05, 0.1) is 25.5 Å². The van der Waals surface area contributed by atoms with Gasteiger partial charge < -0.3 is 19.7 Å². The second-order valence-corrected chi connectivity index (χ2v) is 8.71. The highest BCUT2D eigenvalue weighted by Crippen LogP contribution is 2.30. The fraction of sp³-hybridized carbons (Fsp3) is 0.179. The molecule has 5 aromatic rings. The molecule has 10 heteroatoms. The number of nitrogens with zero attached hydrogens (tertiary/aromatic N) is 4. The number of phenols is 1. The van der Waals surface area contributed by atoms with Gasteiger partial charge in [-0.25, -0.2) is 15.0 Å². The molecule has 5 rings (SSSR count). The van der Waals surface area contributed by atoms with Gasteiger partial charge in [-0.1, -0.05) is 24.3 Å². The molecule has 7 nitrogen and oxygen atoms in total. The lowest BCUT2D eigenvalue weighted by atomic mass is 10.1. The van der Waals surface area contributed by atoms with Crippen LogP contribution in [-0.2, 0) is 19.1 Å². The maximum atomic E-state index is 13.0. The predicted octanol–water partition coefficient (Wildman–Crippen LogP) is 5.93. The van der Waals surface area contributed by atoms with Crippen LogP contribution in [0.4, 0.5) is 19.0 Å². The number of rotatable bonds is 8. The van der Waals surface area contributed by atoms with E-state index in [1.165, 1.54) is 12.1 Å². The van der Waals surface area contributed by atoms with Crippen LogP contribution in [0.3, 0.4) is 0 Å². The average Bonchev–Trinajstić information content (AvgIpc) is 3.32. The van der Waals surface area contributed by atoms with Crippen molar-refractivity contribution >= 4 is 17.0 Å². The van der Waals surface area contributed by atoms with Gasteiger partial charge in [0.25, 0.3) is 0 Å². The Hall–Kier alpha value is -4.60. The van der Waals surface area contributed by atoms with Crippen LogP contribution in [0, 0.1) is 0 Å². The number of imidazole rings is 1. The SMILES string of the molecule is COc1ccc(-c2nc(NCCc3ccc(O)cc3)c3ncn(Cc4ccc(C(F)(F)F)cc4)c3n2)cc1. The van der Waals surface area contributed by atoms with Gasteiger partial charge in [-0.15, -0.1) is 0 Å². The van der Waals surface area contributed by atoms with Crippen LogP contribution in [-0.4, -0.2) is 38.3 Å². The Morgan fingerprint density at radius 3 is 2.24 bits per heavy atom. The summed E-state index contributed by atoms with van der Waals surface area (Å²) in [6, 6.07) is 19.4. The third-order valence-electron chi connectivity index (χ3n) is 6.09. The van der Waals surface area contributed by atoms with E-state index in [0.717, 1.165) is 23.3 Å². The number of halogens is 3. The monoisotopic (exact) mass is 519 g/mol. The van der Waals surface area contributed by atoms with Crippen molar-refractivity contribution in [3.8, 4) is 22.9 Å². The molecular weight excluding hydrogens is 495 g/mol. The molecule has 2 aromatic heterocycles. The smallest absolute Gasteiger partial charge is 0.416 e. The number of hydrogen-bond acceptors (Lipinski definition) is 6. The van der Waals surface area contributed by atoms with Crippen LogP contribution in [0.15, 0.2) is 79.1 Å². The molecule has 0 aliphatic carbocycles. The number of aromatic nitrogens is 4. The van der Waals surface area contributed by atoms with Gasteiger partial charge in [-0.05, 0) is 66.1 Å². The zero-order chi connectivity index (χ0) is 26.7. The van der Waals surface area contributed by atoms with Gasteiger partial charge >= 0.3 is 6.18 Å². The first-order chi connectivity index (χ1) is 18.3. The minimum atomic E-state index is -4.39. The number of benzene rings is 3. The Morgan fingerprint density at radius 1 is 0.895 bits per heavy atom. The second-order valence-electron chi connectivity index (χ2n) is 8.71. The molecule has 0 unspecified atom stereocenters. The van der Waals surface area contributed by atoms with Gasteiger partial charge in [0.15, 0.2) is 17.3 Å². The zero-order valence-corrected chi connectivity index (χ0v) is 20.4. The lowest BCUT2D eigenvalue weighted by Crippen LogP contribution is -2.09. The molecule has 38 heavy (non-hydrogen) atoms. The van der Waals surface area contributed by atoms with E-state index in [0.29, 0.717) is 53.6 Å². The Labute approximate surface area is 216 Å². The molecule has 0 spiro atoms. The zero-order valence-electron chi connectivity index (χ0n) is 20.4. The summed E-state index contributed by atoms with van der Waals surface area (Å²) in [6.45, 7) is 0.853. The van der Waals surface area contributed by atoms with Crippen molar-refractivity contribution in [1.29, 1.82) is 0 Å². The largest absolute Gasteiger partial charge is 0.508 e. The van der Waals surface area contributed by atoms with Gasteiger partial charge in [0.1, 0.15) is 17.0 Å². The molecule has 0 aliphatic rings. The predicted molar refractivity (Wildman–Crippen MR) is 138 cm³/mol. The summed E-state index contributed by atoms with van der Waals surface area (Å²) >= 11 is 0. The highest BCUT2D eigenvalue weighted by molar-refractivity contribution is 5.85. The first-order valence-electron chi connectivity index (χ1n) is 11.9. The van der Waals surface area contributed by atoms with Crippen molar-refractivity contribution in [2.45, 2.75) is 19.1 Å². The van der Waals surface area contributed by atoms with E-state index in [2.05, 4.69) is 10.3 Å². The minimum Gasteiger partial charge on any atom is -0.508 e. The molecule has 2 N–H and O–H groups in total. The van der Waals surface area contributed by atoms with Crippen molar-refractivity contribution in [3.63, 3.8) is 0 Å². The maximum absolute atomic E-state index is 13.0. The van der Waals surface area contributed by atoms with E-state index in [1.807, 2.05) is 36.4 Å². The van der Waals surface area contributed by atoms with Crippen LogP contribution in [0.25, 0.3) is 22.6 Å². The Bertz CT molecular complexity index is 1530. The molecule has 194 valence electrons. The normalized spacial score (nSPS) is 11.6. The molecule has 0 amide bonds. The molecule has 3 aromatic carbocycles. The first-order valence-corrected chi connectivity index (χ1v) is 11.9.